The van der Waals surface area contributed by atoms with E-state index in [2.05, 4.69) is 0 Å². The van der Waals surface area contributed by atoms with Gasteiger partial charge in [-0.05, 0) is 37.0 Å². The lowest BCUT2D eigenvalue weighted by molar-refractivity contribution is 0.0698. The van der Waals surface area contributed by atoms with Crippen LogP contribution in [0, 0.1) is 12.8 Å². The Bertz CT molecular complexity index is 502. The minimum Gasteiger partial charge on any atom is -0.478 e. The Morgan fingerprint density at radius 2 is 2.16 bits per heavy atom. The largest absolute Gasteiger partial charge is 0.478 e. The number of aromatic carboxylic acids is 1. The molecule has 104 valence electrons. The Hall–Kier alpha value is -1.75. The first kappa shape index (κ1) is 13.7. The third kappa shape index (κ3) is 2.66. The molecule has 19 heavy (non-hydrogen) atoms. The van der Waals surface area contributed by atoms with Crippen LogP contribution in [0.25, 0.3) is 0 Å². The number of aryl methyl sites for hydroxylation is 1. The van der Waals surface area contributed by atoms with Crippen molar-refractivity contribution >= 4 is 17.3 Å². The van der Waals surface area contributed by atoms with E-state index < -0.39 is 5.97 Å². The number of rotatable bonds is 2. The predicted octanol–water partition coefficient (Wildman–Crippen LogP) is 1.48. The highest BCUT2D eigenvalue weighted by atomic mass is 16.4. The quantitative estimate of drug-likeness (QED) is 0.704. The lowest BCUT2D eigenvalue weighted by atomic mass is 9.95. The first-order valence-electron chi connectivity index (χ1n) is 6.46. The van der Waals surface area contributed by atoms with Gasteiger partial charge in [0.2, 0.25) is 0 Å². The summed E-state index contributed by atoms with van der Waals surface area (Å²) < 4.78 is 0. The first-order chi connectivity index (χ1) is 8.90. The molecule has 0 radical (unpaired) electrons. The molecule has 4 N–H and O–H groups in total. The fourth-order valence-electron chi connectivity index (χ4n) is 2.42. The molecule has 1 aliphatic rings. The van der Waals surface area contributed by atoms with Crippen LogP contribution in [0.3, 0.4) is 0 Å². The summed E-state index contributed by atoms with van der Waals surface area (Å²) in [6.07, 6.45) is 0.521. The van der Waals surface area contributed by atoms with Crippen molar-refractivity contribution in [1.82, 2.24) is 0 Å². The van der Waals surface area contributed by atoms with Crippen molar-refractivity contribution in [3.05, 3.63) is 23.3 Å². The number of piperidine rings is 1. The second-order valence-corrected chi connectivity index (χ2v) is 5.31. The van der Waals surface area contributed by atoms with Crippen LogP contribution in [0.5, 0.6) is 0 Å². The highest BCUT2D eigenvalue weighted by molar-refractivity contribution is 5.95. The maximum absolute atomic E-state index is 11.2. The Morgan fingerprint density at radius 3 is 2.74 bits per heavy atom. The zero-order valence-electron chi connectivity index (χ0n) is 11.3. The molecule has 0 saturated carbocycles. The highest BCUT2D eigenvalue weighted by Gasteiger charge is 2.25. The number of benzene rings is 1. The number of aliphatic hydroxyl groups excluding tert-OH is 1. The molecule has 0 amide bonds. The Labute approximate surface area is 112 Å². The Balaban J connectivity index is 2.33. The molecule has 1 aliphatic heterocycles. The van der Waals surface area contributed by atoms with Gasteiger partial charge in [-0.1, -0.05) is 6.92 Å². The van der Waals surface area contributed by atoms with Gasteiger partial charge in [-0.25, -0.2) is 4.79 Å². The molecule has 1 aromatic rings. The van der Waals surface area contributed by atoms with E-state index in [0.29, 0.717) is 12.2 Å². The third-order valence-electron chi connectivity index (χ3n) is 3.89. The molecular formula is C14H20N2O3. The van der Waals surface area contributed by atoms with E-state index in [1.807, 2.05) is 17.9 Å². The number of carboxylic acids is 1. The molecule has 5 nitrogen and oxygen atoms in total. The molecule has 1 aromatic carbocycles. The highest BCUT2D eigenvalue weighted by Crippen LogP contribution is 2.28. The standard InChI is InChI=1S/C14H20N2O3/c1-8-3-4-16(7-12(8)17)10-5-9(2)13(15)11(6-10)14(18)19/h5-6,8,12,17H,3-4,7,15H2,1-2H3,(H,18,19). The van der Waals surface area contributed by atoms with Crippen LogP contribution in [-0.4, -0.2) is 35.4 Å². The van der Waals surface area contributed by atoms with Crippen LogP contribution in [0.15, 0.2) is 12.1 Å². The van der Waals surface area contributed by atoms with Crippen LogP contribution in [0.4, 0.5) is 11.4 Å². The maximum Gasteiger partial charge on any atom is 0.337 e. The lowest BCUT2D eigenvalue weighted by Crippen LogP contribution is -2.43. The number of nitrogen functional groups attached to an aromatic ring is 1. The van der Waals surface area contributed by atoms with E-state index in [1.54, 1.807) is 13.0 Å². The van der Waals surface area contributed by atoms with Gasteiger partial charge in [0.05, 0.1) is 11.7 Å². The fraction of sp³-hybridized carbons (Fsp3) is 0.500. The normalized spacial score (nSPS) is 23.4. The maximum atomic E-state index is 11.2. The number of aliphatic hydroxyl groups is 1. The van der Waals surface area contributed by atoms with Crippen molar-refractivity contribution in [2.75, 3.05) is 23.7 Å². The van der Waals surface area contributed by atoms with Crippen molar-refractivity contribution in [3.63, 3.8) is 0 Å². The summed E-state index contributed by atoms with van der Waals surface area (Å²) in [7, 11) is 0. The van der Waals surface area contributed by atoms with Crippen molar-refractivity contribution in [1.29, 1.82) is 0 Å². The monoisotopic (exact) mass is 264 g/mol. The molecule has 1 saturated heterocycles. The number of anilines is 2. The average molecular weight is 264 g/mol. The van der Waals surface area contributed by atoms with Gasteiger partial charge in [-0.2, -0.15) is 0 Å². The van der Waals surface area contributed by atoms with Crippen LogP contribution in [0.2, 0.25) is 0 Å². The van der Waals surface area contributed by atoms with Crippen LogP contribution >= 0.6 is 0 Å². The van der Waals surface area contributed by atoms with E-state index in [0.717, 1.165) is 24.2 Å². The summed E-state index contributed by atoms with van der Waals surface area (Å²) in [4.78, 5) is 13.2. The SMILES string of the molecule is Cc1cc(N2CCC(C)C(O)C2)cc(C(=O)O)c1N. The van der Waals surface area contributed by atoms with Crippen molar-refractivity contribution in [2.45, 2.75) is 26.4 Å². The first-order valence-corrected chi connectivity index (χ1v) is 6.46. The van der Waals surface area contributed by atoms with E-state index in [4.69, 9.17) is 10.8 Å². The Kier molecular flexibility index (Phi) is 3.66. The minimum atomic E-state index is -1.02. The molecule has 0 bridgehead atoms. The van der Waals surface area contributed by atoms with E-state index in [-0.39, 0.29) is 17.6 Å². The number of β-amino-alcohol motifs (C(OH)–C–C–N with tert-alkyl or cyclic N) is 1. The van der Waals surface area contributed by atoms with Gasteiger partial charge in [0.15, 0.2) is 0 Å². The zero-order valence-corrected chi connectivity index (χ0v) is 11.3. The van der Waals surface area contributed by atoms with Gasteiger partial charge in [0, 0.05) is 24.5 Å². The lowest BCUT2D eigenvalue weighted by Gasteiger charge is -2.36. The number of carbonyl (C=O) groups is 1. The number of carboxylic acid groups (broad SMARTS) is 1. The van der Waals surface area contributed by atoms with Gasteiger partial charge in [0.25, 0.3) is 0 Å². The molecule has 1 fully saturated rings. The van der Waals surface area contributed by atoms with E-state index in [9.17, 15) is 9.90 Å². The number of hydrogen-bond acceptors (Lipinski definition) is 4. The van der Waals surface area contributed by atoms with Gasteiger partial charge < -0.3 is 20.8 Å². The predicted molar refractivity (Wildman–Crippen MR) is 74.6 cm³/mol. The molecule has 2 rings (SSSR count). The van der Waals surface area contributed by atoms with Crippen molar-refractivity contribution in [2.24, 2.45) is 5.92 Å². The number of hydrogen-bond donors (Lipinski definition) is 3. The van der Waals surface area contributed by atoms with Gasteiger partial charge in [-0.15, -0.1) is 0 Å². The third-order valence-corrected chi connectivity index (χ3v) is 3.89. The topological polar surface area (TPSA) is 86.8 Å². The van der Waals surface area contributed by atoms with Gasteiger partial charge in [0.1, 0.15) is 0 Å². The Morgan fingerprint density at radius 1 is 1.47 bits per heavy atom. The van der Waals surface area contributed by atoms with Crippen LogP contribution in [-0.2, 0) is 0 Å². The number of nitrogens with two attached hydrogens (primary N) is 1. The summed E-state index contributed by atoms with van der Waals surface area (Å²) in [6, 6.07) is 3.47. The smallest absolute Gasteiger partial charge is 0.337 e. The summed E-state index contributed by atoms with van der Waals surface area (Å²) in [5.41, 5.74) is 7.79. The summed E-state index contributed by atoms with van der Waals surface area (Å²) in [5, 5.41) is 19.1. The molecule has 2 unspecified atom stereocenters. The summed E-state index contributed by atoms with van der Waals surface area (Å²) in [5.74, 6) is -0.738. The van der Waals surface area contributed by atoms with Crippen molar-refractivity contribution in [3.8, 4) is 0 Å². The zero-order chi connectivity index (χ0) is 14.2. The van der Waals surface area contributed by atoms with Gasteiger partial charge in [-0.3, -0.25) is 0 Å². The molecule has 0 aromatic heterocycles. The van der Waals surface area contributed by atoms with Crippen molar-refractivity contribution < 1.29 is 15.0 Å². The second kappa shape index (κ2) is 5.09. The molecule has 2 atom stereocenters. The molecule has 1 heterocycles. The van der Waals surface area contributed by atoms with E-state index >= 15 is 0 Å². The molecule has 0 spiro atoms. The molecule has 5 heteroatoms. The van der Waals surface area contributed by atoms with E-state index in [1.165, 1.54) is 0 Å². The molecule has 0 aliphatic carbocycles. The minimum absolute atomic E-state index is 0.128. The summed E-state index contributed by atoms with van der Waals surface area (Å²) >= 11 is 0. The average Bonchev–Trinajstić information content (AvgIpc) is 2.35. The van der Waals surface area contributed by atoms with Crippen LogP contribution < -0.4 is 10.6 Å². The number of nitrogens with zero attached hydrogens (tertiary/aromatic N) is 1. The molecular weight excluding hydrogens is 244 g/mol. The van der Waals surface area contributed by atoms with Gasteiger partial charge >= 0.3 is 5.97 Å². The van der Waals surface area contributed by atoms with Crippen LogP contribution in [0.1, 0.15) is 29.3 Å². The summed E-state index contributed by atoms with van der Waals surface area (Å²) in [6.45, 7) is 5.18. The fourth-order valence-corrected chi connectivity index (χ4v) is 2.42. The second-order valence-electron chi connectivity index (χ2n) is 5.31.